The van der Waals surface area contributed by atoms with Gasteiger partial charge < -0.3 is 9.47 Å². The number of ether oxygens (including phenoxy) is 2. The van der Waals surface area contributed by atoms with Crippen LogP contribution >= 0.6 is 0 Å². The molecular weight excluding hydrogens is 232 g/mol. The Kier molecular flexibility index (Phi) is 3.33. The maximum absolute atomic E-state index is 8.83. The molecule has 0 saturated carbocycles. The van der Waals surface area contributed by atoms with Gasteiger partial charge in [0.25, 0.3) is 0 Å². The van der Waals surface area contributed by atoms with Gasteiger partial charge in [-0.2, -0.15) is 5.26 Å². The fourth-order valence-corrected chi connectivity index (χ4v) is 1.73. The standard InChI is InChI=1S/C12H14N4O2/c1-8(6-13)7-16-10-5-12(18-3)11(17-2)4-9(10)14-15-16/h4-5,8H,7H2,1-3H3. The van der Waals surface area contributed by atoms with Crippen molar-refractivity contribution in [3.63, 3.8) is 0 Å². The van der Waals surface area contributed by atoms with Crippen LogP contribution in [0.1, 0.15) is 6.92 Å². The van der Waals surface area contributed by atoms with Gasteiger partial charge >= 0.3 is 0 Å². The van der Waals surface area contributed by atoms with Crippen LogP contribution in [-0.2, 0) is 6.54 Å². The third kappa shape index (κ3) is 2.07. The summed E-state index contributed by atoms with van der Waals surface area (Å²) in [5.41, 5.74) is 1.55. The lowest BCUT2D eigenvalue weighted by Crippen LogP contribution is -2.07. The van der Waals surface area contributed by atoms with Crippen molar-refractivity contribution in [2.75, 3.05) is 14.2 Å². The first-order chi connectivity index (χ1) is 8.69. The molecule has 6 heteroatoms. The molecule has 0 saturated heterocycles. The maximum Gasteiger partial charge on any atom is 0.163 e. The summed E-state index contributed by atoms with van der Waals surface area (Å²) in [6.45, 7) is 2.34. The van der Waals surface area contributed by atoms with E-state index in [2.05, 4.69) is 16.4 Å². The van der Waals surface area contributed by atoms with Crippen LogP contribution in [0.5, 0.6) is 11.5 Å². The second-order valence-corrected chi connectivity index (χ2v) is 4.00. The highest BCUT2D eigenvalue weighted by molar-refractivity contribution is 5.79. The quantitative estimate of drug-likeness (QED) is 0.819. The highest BCUT2D eigenvalue weighted by atomic mass is 16.5. The van der Waals surface area contributed by atoms with E-state index in [4.69, 9.17) is 14.7 Å². The van der Waals surface area contributed by atoms with Gasteiger partial charge in [0.1, 0.15) is 5.52 Å². The number of nitriles is 1. The van der Waals surface area contributed by atoms with Crippen molar-refractivity contribution in [1.82, 2.24) is 15.0 Å². The van der Waals surface area contributed by atoms with E-state index >= 15 is 0 Å². The van der Waals surface area contributed by atoms with Crippen molar-refractivity contribution in [2.24, 2.45) is 5.92 Å². The zero-order chi connectivity index (χ0) is 13.1. The molecule has 1 heterocycles. The molecule has 0 fully saturated rings. The van der Waals surface area contributed by atoms with Crippen molar-refractivity contribution in [3.8, 4) is 17.6 Å². The first-order valence-electron chi connectivity index (χ1n) is 5.54. The molecule has 0 bridgehead atoms. The van der Waals surface area contributed by atoms with Gasteiger partial charge in [0.2, 0.25) is 0 Å². The van der Waals surface area contributed by atoms with Gasteiger partial charge in [-0.05, 0) is 6.92 Å². The smallest absolute Gasteiger partial charge is 0.163 e. The molecule has 6 nitrogen and oxygen atoms in total. The Labute approximate surface area is 105 Å². The molecule has 0 spiro atoms. The molecule has 0 aliphatic heterocycles. The van der Waals surface area contributed by atoms with Crippen LogP contribution in [0.3, 0.4) is 0 Å². The number of rotatable bonds is 4. The van der Waals surface area contributed by atoms with E-state index < -0.39 is 0 Å². The summed E-state index contributed by atoms with van der Waals surface area (Å²) >= 11 is 0. The second-order valence-electron chi connectivity index (χ2n) is 4.00. The Morgan fingerprint density at radius 3 is 2.61 bits per heavy atom. The van der Waals surface area contributed by atoms with Crippen molar-refractivity contribution in [1.29, 1.82) is 5.26 Å². The number of hydrogen-bond acceptors (Lipinski definition) is 5. The predicted octanol–water partition coefficient (Wildman–Crippen LogP) is 1.61. The molecule has 0 amide bonds. The number of aromatic nitrogens is 3. The molecule has 2 aromatic rings. The minimum Gasteiger partial charge on any atom is -0.493 e. The Bertz CT molecular complexity index is 600. The summed E-state index contributed by atoms with van der Waals surface area (Å²) in [5, 5.41) is 16.9. The highest BCUT2D eigenvalue weighted by Crippen LogP contribution is 2.31. The van der Waals surface area contributed by atoms with Gasteiger partial charge in [-0.25, -0.2) is 4.68 Å². The lowest BCUT2D eigenvalue weighted by molar-refractivity contribution is 0.355. The van der Waals surface area contributed by atoms with E-state index in [0.717, 1.165) is 11.0 Å². The fraction of sp³-hybridized carbons (Fsp3) is 0.417. The lowest BCUT2D eigenvalue weighted by atomic mass is 10.2. The topological polar surface area (TPSA) is 73.0 Å². The van der Waals surface area contributed by atoms with E-state index in [1.165, 1.54) is 0 Å². The first-order valence-corrected chi connectivity index (χ1v) is 5.54. The summed E-state index contributed by atoms with van der Waals surface area (Å²) in [5.74, 6) is 1.12. The Morgan fingerprint density at radius 1 is 1.33 bits per heavy atom. The molecule has 2 rings (SSSR count). The zero-order valence-electron chi connectivity index (χ0n) is 10.5. The molecule has 18 heavy (non-hydrogen) atoms. The Hall–Kier alpha value is -2.29. The largest absolute Gasteiger partial charge is 0.493 e. The number of hydrogen-bond donors (Lipinski definition) is 0. The van der Waals surface area contributed by atoms with Crippen molar-refractivity contribution in [2.45, 2.75) is 13.5 Å². The zero-order valence-corrected chi connectivity index (χ0v) is 10.5. The number of nitrogens with zero attached hydrogens (tertiary/aromatic N) is 4. The van der Waals surface area contributed by atoms with E-state index in [-0.39, 0.29) is 5.92 Å². The van der Waals surface area contributed by atoms with E-state index in [1.807, 2.05) is 13.0 Å². The first kappa shape index (κ1) is 12.2. The number of fused-ring (bicyclic) bond motifs is 1. The SMILES string of the molecule is COc1cc2nnn(CC(C)C#N)c2cc1OC. The summed E-state index contributed by atoms with van der Waals surface area (Å²) in [6.07, 6.45) is 0. The van der Waals surface area contributed by atoms with Gasteiger partial charge in [0.15, 0.2) is 11.5 Å². The fourth-order valence-electron chi connectivity index (χ4n) is 1.73. The molecule has 1 unspecified atom stereocenters. The summed E-state index contributed by atoms with van der Waals surface area (Å²) < 4.78 is 12.1. The van der Waals surface area contributed by atoms with E-state index in [0.29, 0.717) is 18.0 Å². The van der Waals surface area contributed by atoms with Crippen molar-refractivity contribution in [3.05, 3.63) is 12.1 Å². The molecule has 0 radical (unpaired) electrons. The van der Waals surface area contributed by atoms with Crippen molar-refractivity contribution < 1.29 is 9.47 Å². The highest BCUT2D eigenvalue weighted by Gasteiger charge is 2.13. The predicted molar refractivity (Wildman–Crippen MR) is 65.4 cm³/mol. The average Bonchev–Trinajstić information content (AvgIpc) is 2.79. The molecule has 1 atom stereocenters. The molecule has 0 aliphatic carbocycles. The van der Waals surface area contributed by atoms with Gasteiger partial charge in [-0.1, -0.05) is 5.21 Å². The molecule has 0 N–H and O–H groups in total. The Morgan fingerprint density at radius 2 is 2.00 bits per heavy atom. The lowest BCUT2D eigenvalue weighted by Gasteiger charge is -2.08. The number of methoxy groups -OCH3 is 2. The average molecular weight is 246 g/mol. The summed E-state index contributed by atoms with van der Waals surface area (Å²) in [4.78, 5) is 0. The summed E-state index contributed by atoms with van der Waals surface area (Å²) in [6, 6.07) is 5.76. The second kappa shape index (κ2) is 4.92. The molecule has 0 aliphatic rings. The van der Waals surface area contributed by atoms with Crippen LogP contribution in [0.15, 0.2) is 12.1 Å². The number of benzene rings is 1. The monoisotopic (exact) mass is 246 g/mol. The normalized spacial score (nSPS) is 12.1. The maximum atomic E-state index is 8.83. The third-order valence-corrected chi connectivity index (χ3v) is 2.69. The van der Waals surface area contributed by atoms with Gasteiger partial charge in [-0.15, -0.1) is 5.10 Å². The van der Waals surface area contributed by atoms with Gasteiger partial charge in [-0.3, -0.25) is 0 Å². The van der Waals surface area contributed by atoms with Crippen LogP contribution in [0, 0.1) is 17.2 Å². The van der Waals surface area contributed by atoms with Crippen LogP contribution in [0.4, 0.5) is 0 Å². The minimum absolute atomic E-state index is 0.122. The van der Waals surface area contributed by atoms with Crippen LogP contribution in [0.2, 0.25) is 0 Å². The van der Waals surface area contributed by atoms with E-state index in [1.54, 1.807) is 25.0 Å². The van der Waals surface area contributed by atoms with Crippen molar-refractivity contribution >= 4 is 11.0 Å². The Balaban J connectivity index is 2.49. The van der Waals surface area contributed by atoms with Gasteiger partial charge in [0, 0.05) is 12.1 Å². The molecule has 94 valence electrons. The van der Waals surface area contributed by atoms with Gasteiger partial charge in [0.05, 0.1) is 38.3 Å². The summed E-state index contributed by atoms with van der Waals surface area (Å²) in [7, 11) is 3.15. The molecular formula is C12H14N4O2. The van der Waals surface area contributed by atoms with Crippen LogP contribution in [0.25, 0.3) is 11.0 Å². The third-order valence-electron chi connectivity index (χ3n) is 2.69. The molecule has 1 aromatic heterocycles. The van der Waals surface area contributed by atoms with Crippen LogP contribution < -0.4 is 9.47 Å². The van der Waals surface area contributed by atoms with E-state index in [9.17, 15) is 0 Å². The minimum atomic E-state index is -0.122. The molecule has 1 aromatic carbocycles. The van der Waals surface area contributed by atoms with Crippen LogP contribution in [-0.4, -0.2) is 29.2 Å².